The number of thiophene rings is 1. The largest absolute Gasteiger partial charge is 0.208 e. The van der Waals surface area contributed by atoms with Crippen molar-refractivity contribution in [2.24, 2.45) is 0 Å². The highest BCUT2D eigenvalue weighted by atomic mass is 32.1. The summed E-state index contributed by atoms with van der Waals surface area (Å²) in [7, 11) is 0. The number of aromatic nitrogens is 3. The highest BCUT2D eigenvalue weighted by molar-refractivity contribution is 7.26. The molecule has 2 aromatic heterocycles. The van der Waals surface area contributed by atoms with Crippen molar-refractivity contribution in [2.45, 2.75) is 0 Å². The van der Waals surface area contributed by atoms with Crippen molar-refractivity contribution in [3.63, 3.8) is 0 Å². The first-order chi connectivity index (χ1) is 21.3. The van der Waals surface area contributed by atoms with E-state index in [9.17, 15) is 0 Å². The van der Waals surface area contributed by atoms with Gasteiger partial charge in [-0.15, -0.1) is 11.3 Å². The monoisotopic (exact) mass is 567 g/mol. The molecule has 43 heavy (non-hydrogen) atoms. The summed E-state index contributed by atoms with van der Waals surface area (Å²) in [5.74, 6) is 1.99. The van der Waals surface area contributed by atoms with Gasteiger partial charge in [0.15, 0.2) is 17.5 Å². The van der Waals surface area contributed by atoms with E-state index in [0.717, 1.165) is 16.7 Å². The van der Waals surface area contributed by atoms with Crippen molar-refractivity contribution < 1.29 is 0 Å². The van der Waals surface area contributed by atoms with Gasteiger partial charge in [-0.25, -0.2) is 15.0 Å². The Morgan fingerprint density at radius 1 is 0.349 bits per heavy atom. The molecule has 0 aliphatic carbocycles. The molecular weight excluding hydrogens is 543 g/mol. The zero-order chi connectivity index (χ0) is 28.6. The molecule has 0 amide bonds. The van der Waals surface area contributed by atoms with Crippen molar-refractivity contribution in [1.82, 2.24) is 15.0 Å². The lowest BCUT2D eigenvalue weighted by atomic mass is 9.95. The summed E-state index contributed by atoms with van der Waals surface area (Å²) in [6, 6.07) is 52.8. The summed E-state index contributed by atoms with van der Waals surface area (Å²) in [5, 5.41) is 2.47. The second-order valence-corrected chi connectivity index (χ2v) is 11.6. The number of benzene rings is 6. The maximum Gasteiger partial charge on any atom is 0.164 e. The van der Waals surface area contributed by atoms with E-state index in [1.807, 2.05) is 72.0 Å². The fourth-order valence-electron chi connectivity index (χ4n) is 5.64. The number of rotatable bonds is 5. The number of hydrogen-bond acceptors (Lipinski definition) is 4. The van der Waals surface area contributed by atoms with E-state index in [4.69, 9.17) is 15.0 Å². The van der Waals surface area contributed by atoms with Gasteiger partial charge in [0.05, 0.1) is 0 Å². The van der Waals surface area contributed by atoms with Gasteiger partial charge < -0.3 is 0 Å². The third-order valence-electron chi connectivity index (χ3n) is 7.73. The van der Waals surface area contributed by atoms with Crippen molar-refractivity contribution in [2.75, 3.05) is 0 Å². The Kier molecular flexibility index (Phi) is 6.32. The fraction of sp³-hybridized carbons (Fsp3) is 0. The predicted molar refractivity (Wildman–Crippen MR) is 180 cm³/mol. The van der Waals surface area contributed by atoms with Crippen LogP contribution in [-0.4, -0.2) is 15.0 Å². The highest BCUT2D eigenvalue weighted by Crippen LogP contribution is 2.42. The second-order valence-electron chi connectivity index (χ2n) is 10.5. The Balaban J connectivity index is 1.31. The molecule has 0 saturated carbocycles. The van der Waals surface area contributed by atoms with Crippen LogP contribution in [0.2, 0.25) is 0 Å². The average molecular weight is 568 g/mol. The summed E-state index contributed by atoms with van der Waals surface area (Å²) >= 11 is 1.82. The Morgan fingerprint density at radius 3 is 1.53 bits per heavy atom. The van der Waals surface area contributed by atoms with Crippen LogP contribution < -0.4 is 0 Å². The summed E-state index contributed by atoms with van der Waals surface area (Å²) in [6.45, 7) is 0. The van der Waals surface area contributed by atoms with Crippen LogP contribution in [0.1, 0.15) is 0 Å². The first kappa shape index (κ1) is 25.3. The average Bonchev–Trinajstić information content (AvgIpc) is 3.47. The van der Waals surface area contributed by atoms with Gasteiger partial charge >= 0.3 is 0 Å². The van der Waals surface area contributed by atoms with E-state index in [1.165, 1.54) is 42.4 Å². The lowest BCUT2D eigenvalue weighted by molar-refractivity contribution is 1.07. The molecule has 0 bridgehead atoms. The minimum absolute atomic E-state index is 0.664. The molecule has 0 N–H and O–H groups in total. The molecule has 0 spiro atoms. The SMILES string of the molecule is c1ccc(-c2cccc(-c3cccc4sc5ccc(-c6nc(-c7ccccc7)nc(-c7ccccc7)n6)cc5c34)c2)cc1. The van der Waals surface area contributed by atoms with Gasteiger partial charge in [0, 0.05) is 36.9 Å². The molecule has 0 aliphatic heterocycles. The van der Waals surface area contributed by atoms with Crippen molar-refractivity contribution in [1.29, 1.82) is 0 Å². The fourth-order valence-corrected chi connectivity index (χ4v) is 6.75. The standard InChI is InChI=1S/C39H25N3S/c1-4-12-26(13-5-1)29-18-10-19-30(24-29)32-20-11-21-35-36(32)33-25-31(22-23-34(33)43-35)39-41-37(27-14-6-2-7-15-27)40-38(42-39)28-16-8-3-9-17-28/h1-25H. The van der Waals surface area contributed by atoms with Crippen LogP contribution in [0.25, 0.3) is 76.6 Å². The molecule has 8 aromatic rings. The van der Waals surface area contributed by atoms with E-state index < -0.39 is 0 Å². The van der Waals surface area contributed by atoms with Gasteiger partial charge in [0.25, 0.3) is 0 Å². The Hall–Kier alpha value is -5.45. The van der Waals surface area contributed by atoms with Gasteiger partial charge in [0.1, 0.15) is 0 Å². The minimum Gasteiger partial charge on any atom is -0.208 e. The molecule has 0 unspecified atom stereocenters. The van der Waals surface area contributed by atoms with Crippen molar-refractivity contribution in [3.8, 4) is 56.4 Å². The van der Waals surface area contributed by atoms with E-state index in [-0.39, 0.29) is 0 Å². The van der Waals surface area contributed by atoms with Crippen LogP contribution in [0.3, 0.4) is 0 Å². The molecule has 0 radical (unpaired) electrons. The van der Waals surface area contributed by atoms with Gasteiger partial charge in [-0.2, -0.15) is 0 Å². The smallest absolute Gasteiger partial charge is 0.164 e. The number of nitrogens with zero attached hydrogens (tertiary/aromatic N) is 3. The Bertz CT molecular complexity index is 2170. The molecule has 0 aliphatic rings. The highest BCUT2D eigenvalue weighted by Gasteiger charge is 2.16. The maximum absolute atomic E-state index is 4.98. The van der Waals surface area contributed by atoms with Gasteiger partial charge in [-0.3, -0.25) is 0 Å². The summed E-state index contributed by atoms with van der Waals surface area (Å²) in [6.07, 6.45) is 0. The molecule has 202 valence electrons. The lowest BCUT2D eigenvalue weighted by Gasteiger charge is -2.10. The molecule has 0 atom stereocenters. The van der Waals surface area contributed by atoms with E-state index in [0.29, 0.717) is 17.5 Å². The Labute approximate surface area is 253 Å². The van der Waals surface area contributed by atoms with Gasteiger partial charge in [-0.05, 0) is 52.6 Å². The zero-order valence-electron chi connectivity index (χ0n) is 23.2. The normalized spacial score (nSPS) is 11.3. The lowest BCUT2D eigenvalue weighted by Crippen LogP contribution is -2.00. The third kappa shape index (κ3) is 4.78. The van der Waals surface area contributed by atoms with Crippen LogP contribution >= 0.6 is 11.3 Å². The summed E-state index contributed by atoms with van der Waals surface area (Å²) in [4.78, 5) is 14.8. The number of hydrogen-bond donors (Lipinski definition) is 0. The molecule has 8 rings (SSSR count). The molecule has 0 fully saturated rings. The Morgan fingerprint density at radius 2 is 0.884 bits per heavy atom. The molecule has 2 heterocycles. The first-order valence-electron chi connectivity index (χ1n) is 14.3. The zero-order valence-corrected chi connectivity index (χ0v) is 24.0. The second kappa shape index (κ2) is 10.8. The topological polar surface area (TPSA) is 38.7 Å². The summed E-state index contributed by atoms with van der Waals surface area (Å²) in [5.41, 5.74) is 7.75. The number of fused-ring (bicyclic) bond motifs is 3. The predicted octanol–water partition coefficient (Wildman–Crippen LogP) is 10.6. The van der Waals surface area contributed by atoms with E-state index in [1.54, 1.807) is 0 Å². The molecule has 6 aromatic carbocycles. The molecule has 4 heteroatoms. The van der Waals surface area contributed by atoms with Crippen LogP contribution in [0.5, 0.6) is 0 Å². The molecule has 0 saturated heterocycles. The van der Waals surface area contributed by atoms with Crippen LogP contribution in [0.4, 0.5) is 0 Å². The van der Waals surface area contributed by atoms with Crippen LogP contribution in [0, 0.1) is 0 Å². The van der Waals surface area contributed by atoms with Crippen molar-refractivity contribution in [3.05, 3.63) is 152 Å². The van der Waals surface area contributed by atoms with E-state index in [2.05, 4.69) is 91.0 Å². The molecule has 3 nitrogen and oxygen atoms in total. The van der Waals surface area contributed by atoms with Crippen LogP contribution in [-0.2, 0) is 0 Å². The van der Waals surface area contributed by atoms with Crippen molar-refractivity contribution >= 4 is 31.5 Å². The molecular formula is C39H25N3S. The van der Waals surface area contributed by atoms with Gasteiger partial charge in [-0.1, -0.05) is 121 Å². The quantitative estimate of drug-likeness (QED) is 0.208. The summed E-state index contributed by atoms with van der Waals surface area (Å²) < 4.78 is 2.51. The maximum atomic E-state index is 4.98. The minimum atomic E-state index is 0.664. The van der Waals surface area contributed by atoms with E-state index >= 15 is 0 Å². The third-order valence-corrected chi connectivity index (χ3v) is 8.87. The van der Waals surface area contributed by atoms with Crippen LogP contribution in [0.15, 0.2) is 152 Å². The van der Waals surface area contributed by atoms with Gasteiger partial charge in [0.2, 0.25) is 0 Å². The first-order valence-corrected chi connectivity index (χ1v) is 15.1.